The number of hydrazine groups is 1. The van der Waals surface area contributed by atoms with Gasteiger partial charge in [-0.25, -0.2) is 9.59 Å². The maximum atomic E-state index is 9.34. The van der Waals surface area contributed by atoms with Crippen LogP contribution in [0.4, 0.5) is 0 Å². The quantitative estimate of drug-likeness (QED) is 0.171. The van der Waals surface area contributed by atoms with Gasteiger partial charge in [0.25, 0.3) is 12.2 Å². The molecule has 52 valence electrons. The van der Waals surface area contributed by atoms with E-state index in [9.17, 15) is 9.59 Å². The van der Waals surface area contributed by atoms with E-state index in [1.165, 1.54) is 0 Å². The molecule has 0 unspecified atom stereocenters. The van der Waals surface area contributed by atoms with Crippen molar-refractivity contribution in [2.45, 2.75) is 0 Å². The average Bonchev–Trinajstić information content (AvgIpc) is 1.97. The van der Waals surface area contributed by atoms with Gasteiger partial charge in [-0.3, -0.25) is 0 Å². The van der Waals surface area contributed by atoms with Crippen LogP contribution in [0.3, 0.4) is 0 Å². The van der Waals surface area contributed by atoms with E-state index in [4.69, 9.17) is 0 Å². The second-order valence-corrected chi connectivity index (χ2v) is 0.807. The predicted octanol–water partition coefficient (Wildman–Crippen LogP) is -1.05. The molecule has 0 radical (unpaired) electrons. The van der Waals surface area contributed by atoms with Crippen molar-refractivity contribution in [3.05, 3.63) is 0 Å². The highest BCUT2D eigenvalue weighted by Crippen LogP contribution is 1.64. The molecular formula is C2H2N6O2. The molecule has 0 amide bonds. The number of nitrogens with zero attached hydrogens (tertiary/aromatic N) is 4. The lowest BCUT2D eigenvalue weighted by molar-refractivity contribution is 0.522. The topological polar surface area (TPSA) is 108 Å². The van der Waals surface area contributed by atoms with Gasteiger partial charge in [0.1, 0.15) is 0 Å². The minimum atomic E-state index is 1.10. The van der Waals surface area contributed by atoms with Crippen LogP contribution in [0.2, 0.25) is 0 Å². The number of nitrogens with one attached hydrogen (secondary N) is 2. The lowest BCUT2D eigenvalue weighted by Gasteiger charge is -1.87. The maximum absolute atomic E-state index is 9.34. The lowest BCUT2D eigenvalue weighted by Crippen LogP contribution is -2.19. The first-order valence-electron chi connectivity index (χ1n) is 1.95. The summed E-state index contributed by atoms with van der Waals surface area (Å²) in [5.74, 6) is 0. The molecule has 0 spiro atoms. The van der Waals surface area contributed by atoms with E-state index in [1.54, 1.807) is 0 Å². The zero-order chi connectivity index (χ0) is 7.66. The van der Waals surface area contributed by atoms with Crippen molar-refractivity contribution < 1.29 is 9.59 Å². The molecule has 0 aliphatic heterocycles. The van der Waals surface area contributed by atoms with Gasteiger partial charge in [-0.05, 0) is 15.5 Å². The minimum absolute atomic E-state index is 1.10. The zero-order valence-corrected chi connectivity index (χ0v) is 4.61. The molecule has 0 aromatic rings. The van der Waals surface area contributed by atoms with Gasteiger partial charge in [0.15, 0.2) is 0 Å². The smallest absolute Gasteiger partial charge is 0.209 e. The van der Waals surface area contributed by atoms with Crippen LogP contribution in [0, 0.1) is 0 Å². The van der Waals surface area contributed by atoms with Crippen LogP contribution in [0.5, 0.6) is 0 Å². The van der Waals surface area contributed by atoms with Gasteiger partial charge >= 0.3 is 0 Å². The molecule has 0 saturated carbocycles. The number of hydrogen-bond donors (Lipinski definition) is 2. The summed E-state index contributed by atoms with van der Waals surface area (Å²) in [6.07, 6.45) is 2.25. The van der Waals surface area contributed by atoms with Crippen molar-refractivity contribution in [3.8, 4) is 0 Å². The van der Waals surface area contributed by atoms with Gasteiger partial charge < -0.3 is 0 Å². The third-order valence-corrected chi connectivity index (χ3v) is 0.332. The Morgan fingerprint density at radius 3 is 2.50 bits per heavy atom. The highest BCUT2D eigenvalue weighted by molar-refractivity contribution is 5.32. The summed E-state index contributed by atoms with van der Waals surface area (Å²) in [5.41, 5.74) is 3.82. The zero-order valence-electron chi connectivity index (χ0n) is 4.61. The van der Waals surface area contributed by atoms with Gasteiger partial charge in [-0.2, -0.15) is 11.1 Å². The summed E-state index contributed by atoms with van der Waals surface area (Å²) in [6, 6.07) is 0. The van der Waals surface area contributed by atoms with Crippen molar-refractivity contribution in [2.24, 2.45) is 20.6 Å². The first-order valence-corrected chi connectivity index (χ1v) is 1.95. The van der Waals surface area contributed by atoms with Crippen molar-refractivity contribution in [1.29, 1.82) is 0 Å². The average molecular weight is 142 g/mol. The summed E-state index contributed by atoms with van der Waals surface area (Å²) >= 11 is 0. The molecule has 8 nitrogen and oxygen atoms in total. The highest BCUT2D eigenvalue weighted by Gasteiger charge is 1.66. The Kier molecular flexibility index (Phi) is 5.54. The largest absolute Gasteiger partial charge is 0.261 e. The van der Waals surface area contributed by atoms with E-state index < -0.39 is 0 Å². The molecule has 0 aromatic carbocycles. The van der Waals surface area contributed by atoms with Gasteiger partial charge in [0.05, 0.1) is 0 Å². The Hall–Kier alpha value is -2.04. The molecule has 0 rings (SSSR count). The Labute approximate surface area is 54.6 Å². The van der Waals surface area contributed by atoms with Gasteiger partial charge in [0, 0.05) is 0 Å². The minimum Gasteiger partial charge on any atom is -0.209 e. The first-order chi connectivity index (χ1) is 4.91. The van der Waals surface area contributed by atoms with Crippen LogP contribution < -0.4 is 11.1 Å². The molecule has 8 heteroatoms. The molecule has 0 atom stereocenters. The van der Waals surface area contributed by atoms with Crippen LogP contribution in [-0.4, -0.2) is 12.2 Å². The van der Waals surface area contributed by atoms with Gasteiger partial charge in [-0.15, -0.1) is 0 Å². The van der Waals surface area contributed by atoms with Crippen LogP contribution in [-0.2, 0) is 9.59 Å². The van der Waals surface area contributed by atoms with Crippen molar-refractivity contribution in [2.75, 3.05) is 0 Å². The SMILES string of the molecule is O=C=N/N=N/NNN=C=O. The predicted molar refractivity (Wildman–Crippen MR) is 27.4 cm³/mol. The van der Waals surface area contributed by atoms with Crippen molar-refractivity contribution in [1.82, 2.24) is 11.1 Å². The van der Waals surface area contributed by atoms with E-state index in [2.05, 4.69) is 20.6 Å². The van der Waals surface area contributed by atoms with E-state index in [1.807, 2.05) is 11.1 Å². The van der Waals surface area contributed by atoms with E-state index in [-0.39, 0.29) is 0 Å². The van der Waals surface area contributed by atoms with Crippen LogP contribution >= 0.6 is 0 Å². The van der Waals surface area contributed by atoms with Crippen LogP contribution in [0.1, 0.15) is 0 Å². The summed E-state index contributed by atoms with van der Waals surface area (Å²) in [7, 11) is 0. The third kappa shape index (κ3) is 5.96. The number of isocyanates is 2. The van der Waals surface area contributed by atoms with Crippen LogP contribution in [0.15, 0.2) is 20.6 Å². The summed E-state index contributed by atoms with van der Waals surface area (Å²) < 4.78 is 0. The number of rotatable bonds is 4. The van der Waals surface area contributed by atoms with Crippen molar-refractivity contribution >= 4 is 12.2 Å². The monoisotopic (exact) mass is 142 g/mol. The Morgan fingerprint density at radius 1 is 1.10 bits per heavy atom. The number of hydrogen-bond acceptors (Lipinski definition) is 6. The Morgan fingerprint density at radius 2 is 1.90 bits per heavy atom. The third-order valence-electron chi connectivity index (χ3n) is 0.332. The Bertz CT molecular complexity index is 198. The molecule has 2 N–H and O–H groups in total. The molecule has 0 heterocycles. The number of carbonyl (C=O) groups excluding carboxylic acids is 2. The summed E-state index contributed by atoms with van der Waals surface area (Å²) in [4.78, 5) is 18.7. The first kappa shape index (κ1) is 7.96. The maximum Gasteiger partial charge on any atom is 0.261 e. The fourth-order valence-electron chi connectivity index (χ4n) is 0.133. The summed E-state index contributed by atoms with van der Waals surface area (Å²) in [6.45, 7) is 0. The molecule has 0 bridgehead atoms. The summed E-state index contributed by atoms with van der Waals surface area (Å²) in [5, 5.41) is 11.3. The number of hydrazone groups is 1. The fraction of sp³-hybridized carbons (Fsp3) is 0. The molecule has 0 aliphatic carbocycles. The Balaban J connectivity index is 3.35. The van der Waals surface area contributed by atoms with Gasteiger partial charge in [0.2, 0.25) is 0 Å². The molecule has 0 aromatic heterocycles. The van der Waals surface area contributed by atoms with E-state index in [0.717, 1.165) is 12.2 Å². The molecule has 0 saturated heterocycles. The van der Waals surface area contributed by atoms with Crippen LogP contribution in [0.25, 0.3) is 0 Å². The molecule has 0 aliphatic rings. The van der Waals surface area contributed by atoms with Crippen molar-refractivity contribution in [3.63, 3.8) is 0 Å². The normalized spacial score (nSPS) is 7.60. The van der Waals surface area contributed by atoms with Gasteiger partial charge in [-0.1, -0.05) is 5.10 Å². The molecular weight excluding hydrogens is 140 g/mol. The van der Waals surface area contributed by atoms with E-state index >= 15 is 0 Å². The standard InChI is InChI=1S/C2H2N6O2/c9-1-3-5-7-8-6-4-2-10/h(H,5,8)(H,6,7). The molecule has 10 heavy (non-hydrogen) atoms. The second-order valence-electron chi connectivity index (χ2n) is 0.807. The molecule has 0 fully saturated rings. The lowest BCUT2D eigenvalue weighted by atomic mass is 11.6. The highest BCUT2D eigenvalue weighted by atomic mass is 16.1. The second kappa shape index (κ2) is 6.96. The fourth-order valence-corrected chi connectivity index (χ4v) is 0.133. The van der Waals surface area contributed by atoms with E-state index in [0.29, 0.717) is 0 Å².